The lowest BCUT2D eigenvalue weighted by atomic mass is 10.2. The first-order chi connectivity index (χ1) is 14.1. The molecular weight excluding hydrogens is 442 g/mol. The Labute approximate surface area is 176 Å². The van der Waals surface area contributed by atoms with E-state index < -0.39 is 49.5 Å². The van der Waals surface area contributed by atoms with Crippen molar-refractivity contribution in [1.82, 2.24) is 15.1 Å². The Morgan fingerprint density at radius 1 is 1.26 bits per heavy atom. The molecule has 1 heterocycles. The average Bonchev–Trinajstić information content (AvgIpc) is 3.05. The number of amidine groups is 1. The van der Waals surface area contributed by atoms with E-state index in [0.29, 0.717) is 0 Å². The minimum Gasteiger partial charge on any atom is -0.376 e. The standard InChI is InChI=1S/C18H21F4N5O3S/c1-17(2,16(23)24-3)31(29,30)9-10-7-11(5-6-13(10)19)25-15(28)12-8-27(4)26-14(12)18(20,21)22/h5-8H,9H2,1-4H3,(H2,23,24)(H,25,28). The normalized spacial score (nSPS) is 12.5. The van der Waals surface area contributed by atoms with E-state index in [1.165, 1.54) is 27.9 Å². The van der Waals surface area contributed by atoms with Crippen molar-refractivity contribution in [2.24, 2.45) is 7.05 Å². The third kappa shape index (κ3) is 5.03. The van der Waals surface area contributed by atoms with Crippen LogP contribution in [0.4, 0.5) is 23.2 Å². The van der Waals surface area contributed by atoms with E-state index in [-0.39, 0.29) is 17.1 Å². The number of nitrogens with zero attached hydrogens (tertiary/aromatic N) is 2. The molecule has 0 aliphatic heterocycles. The number of hydrogen-bond acceptors (Lipinski definition) is 5. The Kier molecular flexibility index (Phi) is 6.50. The number of aromatic nitrogens is 2. The van der Waals surface area contributed by atoms with Gasteiger partial charge in [0.25, 0.3) is 5.91 Å². The highest BCUT2D eigenvalue weighted by atomic mass is 32.2. The van der Waals surface area contributed by atoms with E-state index in [9.17, 15) is 30.8 Å². The zero-order valence-corrected chi connectivity index (χ0v) is 17.9. The van der Waals surface area contributed by atoms with Gasteiger partial charge in [-0.25, -0.2) is 12.8 Å². The fourth-order valence-corrected chi connectivity index (χ4v) is 4.07. The fourth-order valence-electron chi connectivity index (χ4n) is 2.67. The molecule has 3 N–H and O–H groups in total. The van der Waals surface area contributed by atoms with Crippen LogP contribution in [0.15, 0.2) is 24.4 Å². The number of carbonyl (C=O) groups excluding carboxylic acids is 1. The lowest BCUT2D eigenvalue weighted by molar-refractivity contribution is -0.141. The third-order valence-electron chi connectivity index (χ3n) is 4.62. The first-order valence-corrected chi connectivity index (χ1v) is 10.4. The topological polar surface area (TPSA) is 117 Å². The molecule has 0 atom stereocenters. The number of halogens is 4. The molecule has 0 spiro atoms. The summed E-state index contributed by atoms with van der Waals surface area (Å²) in [6.07, 6.45) is -3.97. The zero-order valence-electron chi connectivity index (χ0n) is 17.1. The van der Waals surface area contributed by atoms with Crippen LogP contribution in [0.3, 0.4) is 0 Å². The molecular formula is C18H21F4N5O3S. The molecule has 13 heteroatoms. The number of carbonyl (C=O) groups is 1. The molecule has 0 fully saturated rings. The summed E-state index contributed by atoms with van der Waals surface area (Å²) in [6, 6.07) is 3.01. The summed E-state index contributed by atoms with van der Waals surface area (Å²) in [6.45, 7) is 2.57. The molecule has 0 aliphatic rings. The maximum atomic E-state index is 14.2. The largest absolute Gasteiger partial charge is 0.435 e. The third-order valence-corrected chi connectivity index (χ3v) is 7.07. The summed E-state index contributed by atoms with van der Waals surface area (Å²) >= 11 is 0. The van der Waals surface area contributed by atoms with Crippen molar-refractivity contribution in [3.05, 3.63) is 47.0 Å². The molecule has 2 rings (SSSR count). The van der Waals surface area contributed by atoms with Crippen LogP contribution in [0.2, 0.25) is 0 Å². The number of nitrogens with one attached hydrogen (secondary N) is 3. The predicted molar refractivity (Wildman–Crippen MR) is 106 cm³/mol. The van der Waals surface area contributed by atoms with Crippen LogP contribution < -0.4 is 10.6 Å². The summed E-state index contributed by atoms with van der Waals surface area (Å²) in [5.41, 5.74) is -2.53. The van der Waals surface area contributed by atoms with Gasteiger partial charge >= 0.3 is 6.18 Å². The average molecular weight is 463 g/mol. The summed E-state index contributed by atoms with van der Waals surface area (Å²) in [5.74, 6) is -3.11. The van der Waals surface area contributed by atoms with Gasteiger partial charge in [0.15, 0.2) is 15.5 Å². The van der Waals surface area contributed by atoms with Gasteiger partial charge in [-0.3, -0.25) is 14.9 Å². The van der Waals surface area contributed by atoms with Gasteiger partial charge in [-0.05, 0) is 32.0 Å². The number of anilines is 1. The fraction of sp³-hybridized carbons (Fsp3) is 0.389. The summed E-state index contributed by atoms with van der Waals surface area (Å²) in [7, 11) is -1.47. The Bertz CT molecular complexity index is 1120. The summed E-state index contributed by atoms with van der Waals surface area (Å²) in [5, 5.41) is 15.7. The van der Waals surface area contributed by atoms with Crippen LogP contribution in [-0.4, -0.2) is 41.7 Å². The monoisotopic (exact) mass is 463 g/mol. The predicted octanol–water partition coefficient (Wildman–Crippen LogP) is 2.72. The van der Waals surface area contributed by atoms with Crippen LogP contribution in [0.1, 0.15) is 35.5 Å². The molecule has 0 unspecified atom stereocenters. The van der Waals surface area contributed by atoms with Crippen molar-refractivity contribution in [1.29, 1.82) is 5.41 Å². The maximum absolute atomic E-state index is 14.2. The molecule has 8 nitrogen and oxygen atoms in total. The molecule has 170 valence electrons. The van der Waals surface area contributed by atoms with Crippen LogP contribution in [0, 0.1) is 11.2 Å². The van der Waals surface area contributed by atoms with Crippen LogP contribution in [0.25, 0.3) is 0 Å². The number of sulfone groups is 1. The highest BCUT2D eigenvalue weighted by Crippen LogP contribution is 2.31. The first-order valence-electron chi connectivity index (χ1n) is 8.80. The molecule has 1 amide bonds. The lowest BCUT2D eigenvalue weighted by Gasteiger charge is -2.25. The zero-order chi connectivity index (χ0) is 23.8. The molecule has 31 heavy (non-hydrogen) atoms. The van der Waals surface area contributed by atoms with Crippen molar-refractivity contribution in [2.45, 2.75) is 30.5 Å². The van der Waals surface area contributed by atoms with Gasteiger partial charge in [0.1, 0.15) is 16.4 Å². The molecule has 0 saturated carbocycles. The van der Waals surface area contributed by atoms with Crippen molar-refractivity contribution >= 4 is 27.3 Å². The van der Waals surface area contributed by atoms with Gasteiger partial charge in [-0.15, -0.1) is 0 Å². The number of rotatable bonds is 6. The van der Waals surface area contributed by atoms with E-state index in [2.05, 4.69) is 15.7 Å². The second-order valence-corrected chi connectivity index (χ2v) is 9.76. The number of alkyl halides is 3. The highest BCUT2D eigenvalue weighted by molar-refractivity contribution is 7.92. The maximum Gasteiger partial charge on any atom is 0.435 e. The lowest BCUT2D eigenvalue weighted by Crippen LogP contribution is -2.46. The van der Waals surface area contributed by atoms with Crippen molar-refractivity contribution in [3.8, 4) is 0 Å². The first kappa shape index (κ1) is 24.3. The van der Waals surface area contributed by atoms with Crippen molar-refractivity contribution in [3.63, 3.8) is 0 Å². The number of aryl methyl sites for hydroxylation is 1. The number of benzene rings is 1. The van der Waals surface area contributed by atoms with Gasteiger partial charge in [-0.2, -0.15) is 18.3 Å². The van der Waals surface area contributed by atoms with Gasteiger partial charge in [0.05, 0.1) is 11.3 Å². The SMILES string of the molecule is CNC(=N)C(C)(C)S(=O)(=O)Cc1cc(NC(=O)c2cn(C)nc2C(F)(F)F)ccc1F. The van der Waals surface area contributed by atoms with Crippen molar-refractivity contribution < 1.29 is 30.8 Å². The second-order valence-electron chi connectivity index (χ2n) is 7.22. The molecule has 0 radical (unpaired) electrons. The minimum absolute atomic E-state index is 0.102. The smallest absolute Gasteiger partial charge is 0.376 e. The van der Waals surface area contributed by atoms with Gasteiger partial charge < -0.3 is 10.6 Å². The molecule has 0 saturated heterocycles. The molecule has 1 aromatic carbocycles. The second kappa shape index (κ2) is 8.29. The van der Waals surface area contributed by atoms with Gasteiger partial charge in [-0.1, -0.05) is 0 Å². The van der Waals surface area contributed by atoms with Crippen LogP contribution >= 0.6 is 0 Å². The quantitative estimate of drug-likeness (QED) is 0.346. The number of amides is 1. The van der Waals surface area contributed by atoms with Crippen molar-refractivity contribution in [2.75, 3.05) is 12.4 Å². The molecule has 0 bridgehead atoms. The molecule has 1 aromatic heterocycles. The van der Waals surface area contributed by atoms with E-state index >= 15 is 0 Å². The molecule has 2 aromatic rings. The Morgan fingerprint density at radius 2 is 1.87 bits per heavy atom. The number of hydrogen-bond donors (Lipinski definition) is 3. The Morgan fingerprint density at radius 3 is 2.42 bits per heavy atom. The highest BCUT2D eigenvalue weighted by Gasteiger charge is 2.40. The van der Waals surface area contributed by atoms with E-state index in [0.717, 1.165) is 29.1 Å². The van der Waals surface area contributed by atoms with E-state index in [1.807, 2.05) is 0 Å². The van der Waals surface area contributed by atoms with Gasteiger partial charge in [0.2, 0.25) is 0 Å². The van der Waals surface area contributed by atoms with Gasteiger partial charge in [0, 0.05) is 31.5 Å². The summed E-state index contributed by atoms with van der Waals surface area (Å²) in [4.78, 5) is 12.4. The van der Waals surface area contributed by atoms with E-state index in [1.54, 1.807) is 0 Å². The summed E-state index contributed by atoms with van der Waals surface area (Å²) < 4.78 is 78.1. The van der Waals surface area contributed by atoms with Crippen LogP contribution in [0.5, 0.6) is 0 Å². The van der Waals surface area contributed by atoms with E-state index in [4.69, 9.17) is 5.41 Å². The Hall–Kier alpha value is -2.96. The Balaban J connectivity index is 2.34. The molecule has 0 aliphatic carbocycles. The minimum atomic E-state index is -4.86. The van der Waals surface area contributed by atoms with Crippen LogP contribution in [-0.2, 0) is 28.8 Å².